The zero-order valence-electron chi connectivity index (χ0n) is 12.7. The Labute approximate surface area is 121 Å². The molecule has 1 rings (SSSR count). The fourth-order valence-corrected chi connectivity index (χ4v) is 2.04. The number of aromatic nitrogens is 1. The number of nitrogens with two attached hydrogens (primary N) is 1. The molecule has 0 bridgehead atoms. The van der Waals surface area contributed by atoms with Crippen molar-refractivity contribution in [2.45, 2.75) is 33.1 Å². The Balaban J connectivity index is 2.25. The number of hydrogen-bond donors (Lipinski definition) is 2. The van der Waals surface area contributed by atoms with Gasteiger partial charge in [0.15, 0.2) is 0 Å². The molecule has 1 aromatic rings. The fraction of sp³-hybridized carbons (Fsp3) is 0.600. The van der Waals surface area contributed by atoms with Crippen LogP contribution in [0, 0.1) is 5.41 Å². The van der Waals surface area contributed by atoms with Crippen molar-refractivity contribution in [3.63, 3.8) is 0 Å². The molecule has 0 aliphatic rings. The maximum absolute atomic E-state index is 8.74. The SMILES string of the molecule is CN(CCCC(C)(C)C(N)=NO)CCc1ccncc1. The molecule has 0 saturated heterocycles. The molecule has 0 fully saturated rings. The smallest absolute Gasteiger partial charge is 0.144 e. The van der Waals surface area contributed by atoms with E-state index >= 15 is 0 Å². The first kappa shape index (κ1) is 16.4. The van der Waals surface area contributed by atoms with Gasteiger partial charge in [0.1, 0.15) is 5.84 Å². The lowest BCUT2D eigenvalue weighted by atomic mass is 9.86. The Bertz CT molecular complexity index is 417. The van der Waals surface area contributed by atoms with Gasteiger partial charge in [-0.25, -0.2) is 0 Å². The van der Waals surface area contributed by atoms with Gasteiger partial charge in [0.2, 0.25) is 0 Å². The van der Waals surface area contributed by atoms with E-state index in [1.807, 2.05) is 26.2 Å². The Morgan fingerprint density at radius 2 is 2.00 bits per heavy atom. The molecule has 0 amide bonds. The number of hydrogen-bond acceptors (Lipinski definition) is 4. The monoisotopic (exact) mass is 278 g/mol. The summed E-state index contributed by atoms with van der Waals surface area (Å²) >= 11 is 0. The first-order valence-corrected chi connectivity index (χ1v) is 7.01. The minimum atomic E-state index is -0.249. The van der Waals surface area contributed by atoms with E-state index in [0.717, 1.165) is 32.4 Å². The highest BCUT2D eigenvalue weighted by atomic mass is 16.4. The van der Waals surface area contributed by atoms with Crippen molar-refractivity contribution in [3.05, 3.63) is 30.1 Å². The van der Waals surface area contributed by atoms with Crippen LogP contribution in [-0.4, -0.2) is 41.1 Å². The summed E-state index contributed by atoms with van der Waals surface area (Å²) in [5.41, 5.74) is 6.74. The highest BCUT2D eigenvalue weighted by molar-refractivity contribution is 5.85. The first-order chi connectivity index (χ1) is 9.45. The maximum atomic E-state index is 8.74. The lowest BCUT2D eigenvalue weighted by molar-refractivity contribution is 0.292. The first-order valence-electron chi connectivity index (χ1n) is 7.01. The Hall–Kier alpha value is -1.62. The zero-order chi connectivity index (χ0) is 15.0. The number of nitrogens with zero attached hydrogens (tertiary/aromatic N) is 3. The minimum absolute atomic E-state index is 0.249. The third-order valence-electron chi connectivity index (χ3n) is 3.67. The molecule has 5 heteroatoms. The normalized spacial score (nSPS) is 12.9. The summed E-state index contributed by atoms with van der Waals surface area (Å²) < 4.78 is 0. The van der Waals surface area contributed by atoms with E-state index in [1.165, 1.54) is 5.56 Å². The highest BCUT2D eigenvalue weighted by Crippen LogP contribution is 2.22. The van der Waals surface area contributed by atoms with Crippen molar-refractivity contribution in [2.24, 2.45) is 16.3 Å². The Kier molecular flexibility index (Phi) is 6.45. The number of pyridine rings is 1. The molecule has 112 valence electrons. The van der Waals surface area contributed by atoms with Crippen LogP contribution >= 0.6 is 0 Å². The predicted molar refractivity (Wildman–Crippen MR) is 81.9 cm³/mol. The molecular formula is C15H26N4O. The van der Waals surface area contributed by atoms with Gasteiger partial charge in [-0.3, -0.25) is 4.98 Å². The lowest BCUT2D eigenvalue weighted by Crippen LogP contribution is -2.33. The number of oxime groups is 1. The molecule has 0 aromatic carbocycles. The third kappa shape index (κ3) is 5.57. The molecule has 0 saturated carbocycles. The second-order valence-electron chi connectivity index (χ2n) is 5.88. The molecule has 20 heavy (non-hydrogen) atoms. The molecule has 3 N–H and O–H groups in total. The van der Waals surface area contributed by atoms with Gasteiger partial charge in [-0.2, -0.15) is 0 Å². The van der Waals surface area contributed by atoms with Crippen molar-refractivity contribution in [1.29, 1.82) is 0 Å². The van der Waals surface area contributed by atoms with E-state index in [-0.39, 0.29) is 5.41 Å². The van der Waals surface area contributed by atoms with Crippen LogP contribution in [0.25, 0.3) is 0 Å². The Morgan fingerprint density at radius 1 is 1.35 bits per heavy atom. The van der Waals surface area contributed by atoms with Gasteiger partial charge in [-0.1, -0.05) is 19.0 Å². The maximum Gasteiger partial charge on any atom is 0.144 e. The molecule has 0 spiro atoms. The molecular weight excluding hydrogens is 252 g/mol. The molecule has 5 nitrogen and oxygen atoms in total. The van der Waals surface area contributed by atoms with Gasteiger partial charge in [0.25, 0.3) is 0 Å². The van der Waals surface area contributed by atoms with Crippen LogP contribution in [0.3, 0.4) is 0 Å². The molecule has 0 aliphatic carbocycles. The van der Waals surface area contributed by atoms with Crippen molar-refractivity contribution in [3.8, 4) is 0 Å². The van der Waals surface area contributed by atoms with Crippen LogP contribution in [0.2, 0.25) is 0 Å². The third-order valence-corrected chi connectivity index (χ3v) is 3.67. The average Bonchev–Trinajstić information content (AvgIpc) is 2.45. The van der Waals surface area contributed by atoms with Crippen LogP contribution in [0.4, 0.5) is 0 Å². The van der Waals surface area contributed by atoms with Crippen molar-refractivity contribution < 1.29 is 5.21 Å². The standard InChI is InChI=1S/C15H26N4O/c1-15(2,14(16)18-20)8-4-11-19(3)12-7-13-5-9-17-10-6-13/h5-6,9-10,20H,4,7-8,11-12H2,1-3H3,(H2,16,18). The van der Waals surface area contributed by atoms with Gasteiger partial charge < -0.3 is 15.8 Å². The van der Waals surface area contributed by atoms with Crippen molar-refractivity contribution in [1.82, 2.24) is 9.88 Å². The van der Waals surface area contributed by atoms with Crippen molar-refractivity contribution >= 4 is 5.84 Å². The second kappa shape index (κ2) is 7.85. The van der Waals surface area contributed by atoms with Gasteiger partial charge in [0.05, 0.1) is 0 Å². The van der Waals surface area contributed by atoms with Crippen LogP contribution < -0.4 is 5.73 Å². The van der Waals surface area contributed by atoms with Gasteiger partial charge in [-0.15, -0.1) is 0 Å². The van der Waals surface area contributed by atoms with E-state index in [9.17, 15) is 0 Å². The number of likely N-dealkylation sites (N-methyl/N-ethyl adjacent to an activating group) is 1. The Morgan fingerprint density at radius 3 is 2.60 bits per heavy atom. The van der Waals surface area contributed by atoms with E-state index in [2.05, 4.69) is 34.2 Å². The molecule has 0 atom stereocenters. The molecule has 1 aromatic heterocycles. The minimum Gasteiger partial charge on any atom is -0.409 e. The quantitative estimate of drug-likeness (QED) is 0.330. The summed E-state index contributed by atoms with van der Waals surface area (Å²) in [4.78, 5) is 6.32. The van der Waals surface area contributed by atoms with Gasteiger partial charge in [0, 0.05) is 24.4 Å². The molecule has 0 aliphatic heterocycles. The predicted octanol–water partition coefficient (Wildman–Crippen LogP) is 2.11. The number of rotatable bonds is 8. The van der Waals surface area contributed by atoms with E-state index in [0.29, 0.717) is 5.84 Å². The molecule has 1 heterocycles. The second-order valence-corrected chi connectivity index (χ2v) is 5.88. The molecule has 0 unspecified atom stereocenters. The van der Waals surface area contributed by atoms with Crippen LogP contribution in [0.5, 0.6) is 0 Å². The lowest BCUT2D eigenvalue weighted by Gasteiger charge is -2.24. The summed E-state index contributed by atoms with van der Waals surface area (Å²) in [6, 6.07) is 4.10. The summed E-state index contributed by atoms with van der Waals surface area (Å²) in [5, 5.41) is 11.8. The number of amidine groups is 1. The van der Waals surface area contributed by atoms with Gasteiger partial charge >= 0.3 is 0 Å². The van der Waals surface area contributed by atoms with Crippen LogP contribution in [0.1, 0.15) is 32.3 Å². The molecule has 0 radical (unpaired) electrons. The van der Waals surface area contributed by atoms with Crippen LogP contribution in [-0.2, 0) is 6.42 Å². The summed E-state index contributed by atoms with van der Waals surface area (Å²) in [6.07, 6.45) is 6.62. The zero-order valence-corrected chi connectivity index (χ0v) is 12.7. The average molecular weight is 278 g/mol. The fourth-order valence-electron chi connectivity index (χ4n) is 2.04. The topological polar surface area (TPSA) is 74.7 Å². The summed E-state index contributed by atoms with van der Waals surface area (Å²) in [5.74, 6) is 0.303. The van der Waals surface area contributed by atoms with Crippen LogP contribution in [0.15, 0.2) is 29.7 Å². The largest absolute Gasteiger partial charge is 0.409 e. The highest BCUT2D eigenvalue weighted by Gasteiger charge is 2.22. The van der Waals surface area contributed by atoms with E-state index < -0.39 is 0 Å². The van der Waals surface area contributed by atoms with E-state index in [1.54, 1.807) is 0 Å². The summed E-state index contributed by atoms with van der Waals surface area (Å²) in [6.45, 7) is 6.03. The summed E-state index contributed by atoms with van der Waals surface area (Å²) in [7, 11) is 2.12. The van der Waals surface area contributed by atoms with Gasteiger partial charge in [-0.05, 0) is 50.6 Å². The van der Waals surface area contributed by atoms with Crippen molar-refractivity contribution in [2.75, 3.05) is 20.1 Å². The van der Waals surface area contributed by atoms with E-state index in [4.69, 9.17) is 10.9 Å².